The van der Waals surface area contributed by atoms with Gasteiger partial charge in [-0.25, -0.2) is 9.97 Å². The monoisotopic (exact) mass is 520 g/mol. The summed E-state index contributed by atoms with van der Waals surface area (Å²) in [6.45, 7) is 4.19. The van der Waals surface area contributed by atoms with E-state index in [1.165, 1.54) is 0 Å². The van der Waals surface area contributed by atoms with Crippen molar-refractivity contribution in [2.45, 2.75) is 55.9 Å². The van der Waals surface area contributed by atoms with Crippen LogP contribution in [0, 0.1) is 6.92 Å². The van der Waals surface area contributed by atoms with Crippen molar-refractivity contribution in [3.63, 3.8) is 0 Å². The van der Waals surface area contributed by atoms with Crippen molar-refractivity contribution in [2.24, 2.45) is 0 Å². The molecule has 2 saturated heterocycles. The smallest absolute Gasteiger partial charge is 0.227 e. The van der Waals surface area contributed by atoms with E-state index < -0.39 is 10.8 Å². The van der Waals surface area contributed by atoms with E-state index >= 15 is 0 Å². The van der Waals surface area contributed by atoms with Crippen molar-refractivity contribution < 1.29 is 13.4 Å². The lowest BCUT2D eigenvalue weighted by atomic mass is 9.97. The van der Waals surface area contributed by atoms with Gasteiger partial charge in [0.2, 0.25) is 11.9 Å². The molecule has 0 aliphatic carbocycles. The van der Waals surface area contributed by atoms with Crippen LogP contribution < -0.4 is 10.2 Å². The highest BCUT2D eigenvalue weighted by Gasteiger charge is 2.32. The lowest BCUT2D eigenvalue weighted by Crippen LogP contribution is -2.43. The first-order chi connectivity index (χ1) is 18.0. The zero-order chi connectivity index (χ0) is 25.5. The summed E-state index contributed by atoms with van der Waals surface area (Å²) in [6.07, 6.45) is 3.76. The number of nitrogens with one attached hydrogen (secondary N) is 1. The minimum absolute atomic E-state index is 0.0879. The van der Waals surface area contributed by atoms with Gasteiger partial charge in [0, 0.05) is 62.8 Å². The number of aryl methyl sites for hydroxylation is 2. The number of rotatable bonds is 5. The Morgan fingerprint density at radius 3 is 2.59 bits per heavy atom. The Morgan fingerprint density at radius 1 is 1.05 bits per heavy atom. The molecule has 9 nitrogen and oxygen atoms in total. The van der Waals surface area contributed by atoms with Crippen LogP contribution >= 0.6 is 0 Å². The van der Waals surface area contributed by atoms with Gasteiger partial charge in [-0.15, -0.1) is 0 Å². The Labute approximate surface area is 219 Å². The van der Waals surface area contributed by atoms with E-state index in [1.54, 1.807) is 4.90 Å². The third kappa shape index (κ3) is 4.74. The molecule has 1 amide bonds. The number of amides is 1. The zero-order valence-corrected chi connectivity index (χ0v) is 22.1. The molecule has 37 heavy (non-hydrogen) atoms. The van der Waals surface area contributed by atoms with Gasteiger partial charge in [0.05, 0.1) is 16.5 Å². The van der Waals surface area contributed by atoms with E-state index in [0.29, 0.717) is 36.9 Å². The highest BCUT2D eigenvalue weighted by atomic mass is 32.2. The topological polar surface area (TPSA) is 104 Å². The Morgan fingerprint density at radius 2 is 1.84 bits per heavy atom. The number of hydrogen-bond acceptors (Lipinski definition) is 8. The molecule has 1 N–H and O–H groups in total. The number of hydrogen-bond donors (Lipinski definition) is 1. The Bertz CT molecular complexity index is 1340. The first-order valence-electron chi connectivity index (χ1n) is 13.0. The van der Waals surface area contributed by atoms with E-state index in [0.717, 1.165) is 65.8 Å². The maximum absolute atomic E-state index is 12.8. The average molecular weight is 521 g/mol. The fourth-order valence-corrected chi connectivity index (χ4v) is 6.84. The second-order valence-electron chi connectivity index (χ2n) is 10.2. The molecule has 6 rings (SSSR count). The molecule has 194 valence electrons. The maximum Gasteiger partial charge on any atom is 0.227 e. The Balaban J connectivity index is 1.18. The number of likely N-dealkylation sites (N-methyl/N-ethyl adjacent to an activating group) is 1. The molecule has 2 atom stereocenters. The minimum atomic E-state index is -1.10. The van der Waals surface area contributed by atoms with Gasteiger partial charge in [-0.3, -0.25) is 9.00 Å². The molecular formula is C27H32N6O3S. The van der Waals surface area contributed by atoms with Crippen molar-refractivity contribution in [3.05, 3.63) is 47.7 Å². The summed E-state index contributed by atoms with van der Waals surface area (Å²) in [5, 5.41) is 3.51. The molecule has 0 saturated carbocycles. The third-order valence-electron chi connectivity index (χ3n) is 7.63. The fourth-order valence-electron chi connectivity index (χ4n) is 5.53. The van der Waals surface area contributed by atoms with Crippen LogP contribution in [0.25, 0.3) is 11.3 Å². The molecule has 0 bridgehead atoms. The number of likely N-dealkylation sites (tertiary alicyclic amines) is 1. The van der Waals surface area contributed by atoms with E-state index in [9.17, 15) is 9.00 Å². The minimum Gasteiger partial charge on any atom is -0.445 e. The van der Waals surface area contributed by atoms with Gasteiger partial charge in [0.15, 0.2) is 5.89 Å². The van der Waals surface area contributed by atoms with E-state index in [2.05, 4.69) is 22.3 Å². The lowest BCUT2D eigenvalue weighted by Gasteiger charge is -2.32. The first-order valence-corrected chi connectivity index (χ1v) is 14.4. The van der Waals surface area contributed by atoms with Gasteiger partial charge in [-0.05, 0) is 26.2 Å². The third-order valence-corrected chi connectivity index (χ3v) is 9.09. The highest BCUT2D eigenvalue weighted by molar-refractivity contribution is 7.85. The number of nitrogens with zero attached hydrogens (tertiary/aromatic N) is 5. The van der Waals surface area contributed by atoms with Crippen molar-refractivity contribution >= 4 is 28.5 Å². The molecule has 0 spiro atoms. The number of fused-ring (bicyclic) bond motifs is 1. The molecule has 3 aliphatic rings. The Hall–Kier alpha value is -3.27. The zero-order valence-electron chi connectivity index (χ0n) is 21.3. The molecule has 2 aromatic heterocycles. The van der Waals surface area contributed by atoms with Gasteiger partial charge in [-0.1, -0.05) is 30.3 Å². The number of benzene rings is 1. The summed E-state index contributed by atoms with van der Waals surface area (Å²) >= 11 is 0. The second-order valence-corrected chi connectivity index (χ2v) is 11.7. The van der Waals surface area contributed by atoms with Gasteiger partial charge >= 0.3 is 0 Å². The van der Waals surface area contributed by atoms with Crippen molar-refractivity contribution in [2.75, 3.05) is 42.7 Å². The number of anilines is 2. The van der Waals surface area contributed by atoms with Crippen LogP contribution in [-0.2, 0) is 22.0 Å². The number of oxazole rings is 1. The van der Waals surface area contributed by atoms with E-state index in [4.69, 9.17) is 19.4 Å². The quantitative estimate of drug-likeness (QED) is 0.545. The molecule has 0 radical (unpaired) electrons. The molecule has 1 unspecified atom stereocenters. The molecule has 10 heteroatoms. The van der Waals surface area contributed by atoms with Gasteiger partial charge in [-0.2, -0.15) is 4.98 Å². The largest absolute Gasteiger partial charge is 0.445 e. The van der Waals surface area contributed by atoms with Crippen LogP contribution in [0.4, 0.5) is 11.8 Å². The molecule has 1 aromatic carbocycles. The summed E-state index contributed by atoms with van der Waals surface area (Å²) in [5.74, 6) is 4.01. The number of carbonyl (C=O) groups is 1. The van der Waals surface area contributed by atoms with Crippen molar-refractivity contribution in [1.82, 2.24) is 19.9 Å². The molecule has 5 heterocycles. The summed E-state index contributed by atoms with van der Waals surface area (Å²) in [6, 6.07) is 10.2. The summed E-state index contributed by atoms with van der Waals surface area (Å²) in [7, 11) is 0.730. The van der Waals surface area contributed by atoms with Gasteiger partial charge in [0.25, 0.3) is 0 Å². The SMILES string of the molecule is Cc1oc(C2CCN(c3nc4c(c(N[C@H]5CCC(=O)N(C)C5)n3)S(=O)CC4)CC2)nc1-c1ccccc1. The predicted molar refractivity (Wildman–Crippen MR) is 142 cm³/mol. The van der Waals surface area contributed by atoms with Crippen LogP contribution in [0.1, 0.15) is 48.9 Å². The van der Waals surface area contributed by atoms with Crippen LogP contribution in [-0.4, -0.2) is 68.4 Å². The number of piperidine rings is 2. The van der Waals surface area contributed by atoms with E-state index in [-0.39, 0.29) is 17.9 Å². The van der Waals surface area contributed by atoms with Gasteiger partial charge < -0.3 is 19.5 Å². The van der Waals surface area contributed by atoms with Crippen molar-refractivity contribution in [1.29, 1.82) is 0 Å². The van der Waals surface area contributed by atoms with Crippen LogP contribution in [0.3, 0.4) is 0 Å². The summed E-state index contributed by atoms with van der Waals surface area (Å²) < 4.78 is 18.9. The normalized spacial score (nSPS) is 22.4. The second kappa shape index (κ2) is 9.89. The van der Waals surface area contributed by atoms with E-state index in [1.807, 2.05) is 32.2 Å². The predicted octanol–water partition coefficient (Wildman–Crippen LogP) is 3.52. The molecule has 3 aliphatic heterocycles. The van der Waals surface area contributed by atoms with Crippen LogP contribution in [0.5, 0.6) is 0 Å². The summed E-state index contributed by atoms with van der Waals surface area (Å²) in [5.41, 5.74) is 2.87. The molecular weight excluding hydrogens is 488 g/mol. The standard InChI is InChI=1S/C27H32N6O3S/c1-17-23(18-6-4-3-5-7-18)30-26(36-17)19-10-13-33(14-11-19)27-29-21-12-15-37(35)24(21)25(31-27)28-20-8-9-22(34)32(2)16-20/h3-7,19-20H,8-16H2,1-2H3,(H,28,29,31)/t20-,37?/m0/s1. The number of aromatic nitrogens is 3. The summed E-state index contributed by atoms with van der Waals surface area (Å²) in [4.78, 5) is 31.2. The highest BCUT2D eigenvalue weighted by Crippen LogP contribution is 2.35. The Kier molecular flexibility index (Phi) is 6.44. The maximum atomic E-state index is 12.8. The molecule has 2 fully saturated rings. The number of carbonyl (C=O) groups excluding carboxylic acids is 1. The average Bonchev–Trinajstić information content (AvgIpc) is 3.49. The van der Waals surface area contributed by atoms with Gasteiger partial charge in [0.1, 0.15) is 22.2 Å². The fraction of sp³-hybridized carbons (Fsp3) is 0.481. The lowest BCUT2D eigenvalue weighted by molar-refractivity contribution is -0.132. The molecule has 3 aromatic rings. The van der Waals surface area contributed by atoms with Crippen molar-refractivity contribution in [3.8, 4) is 11.3 Å². The van der Waals surface area contributed by atoms with Crippen LogP contribution in [0.2, 0.25) is 0 Å². The van der Waals surface area contributed by atoms with Crippen LogP contribution in [0.15, 0.2) is 39.6 Å². The first kappa shape index (κ1) is 24.1.